The zero-order chi connectivity index (χ0) is 17.7. The minimum absolute atomic E-state index is 0.214. The molecule has 0 unspecified atom stereocenters. The molecule has 0 aliphatic heterocycles. The van der Waals surface area contributed by atoms with E-state index in [9.17, 15) is 12.8 Å². The second-order valence-corrected chi connectivity index (χ2v) is 7.19. The van der Waals surface area contributed by atoms with Crippen LogP contribution in [0.3, 0.4) is 0 Å². The van der Waals surface area contributed by atoms with Gasteiger partial charge in [-0.05, 0) is 38.1 Å². The Morgan fingerprint density at radius 3 is 2.38 bits per heavy atom. The Kier molecular flexibility index (Phi) is 5.51. The minimum Gasteiger partial charge on any atom is -0.297 e. The van der Waals surface area contributed by atoms with Crippen LogP contribution in [-0.4, -0.2) is 24.2 Å². The molecule has 0 N–H and O–H groups in total. The molecule has 0 aliphatic rings. The molecule has 0 amide bonds. The summed E-state index contributed by atoms with van der Waals surface area (Å²) >= 11 is 0. The van der Waals surface area contributed by atoms with Crippen molar-refractivity contribution in [3.8, 4) is 5.69 Å². The largest absolute Gasteiger partial charge is 0.297 e. The lowest BCUT2D eigenvalue weighted by Gasteiger charge is -2.09. The molecular formula is C18H19FN2O2S. The van der Waals surface area contributed by atoms with E-state index in [1.54, 1.807) is 16.7 Å². The molecule has 24 heavy (non-hydrogen) atoms. The summed E-state index contributed by atoms with van der Waals surface area (Å²) in [7, 11) is -3.27. The molecular weight excluding hydrogens is 327 g/mol. The van der Waals surface area contributed by atoms with Gasteiger partial charge in [0.15, 0.2) is 9.84 Å². The van der Waals surface area contributed by atoms with Crippen molar-refractivity contribution < 1.29 is 12.8 Å². The fourth-order valence-electron chi connectivity index (χ4n) is 2.19. The summed E-state index contributed by atoms with van der Waals surface area (Å²) in [6.45, 7) is 3.76. The highest BCUT2D eigenvalue weighted by Gasteiger charge is 2.13. The number of halogens is 1. The Balaban J connectivity index is 2.56. The quantitative estimate of drug-likeness (QED) is 0.770. The van der Waals surface area contributed by atoms with Crippen molar-refractivity contribution in [1.82, 2.24) is 9.55 Å². The van der Waals surface area contributed by atoms with Crippen molar-refractivity contribution in [2.24, 2.45) is 0 Å². The molecule has 4 nitrogen and oxygen atoms in total. The third-order valence-electron chi connectivity index (χ3n) is 3.29. The van der Waals surface area contributed by atoms with Gasteiger partial charge in [0.2, 0.25) is 5.95 Å². The van der Waals surface area contributed by atoms with Crippen LogP contribution in [0.15, 0.2) is 65.7 Å². The Morgan fingerprint density at radius 1 is 1.17 bits per heavy atom. The van der Waals surface area contributed by atoms with Crippen LogP contribution in [-0.2, 0) is 9.84 Å². The molecule has 1 aromatic heterocycles. The monoisotopic (exact) mass is 346 g/mol. The predicted molar refractivity (Wildman–Crippen MR) is 94.2 cm³/mol. The molecule has 0 spiro atoms. The van der Waals surface area contributed by atoms with Gasteiger partial charge in [0, 0.05) is 17.5 Å². The van der Waals surface area contributed by atoms with Gasteiger partial charge in [-0.2, -0.15) is 9.37 Å². The highest BCUT2D eigenvalue weighted by molar-refractivity contribution is 7.90. The first kappa shape index (κ1) is 17.9. The van der Waals surface area contributed by atoms with Gasteiger partial charge < -0.3 is 0 Å². The van der Waals surface area contributed by atoms with Crippen molar-refractivity contribution in [3.63, 3.8) is 0 Å². The Labute approximate surface area is 141 Å². The lowest BCUT2D eigenvalue weighted by atomic mass is 10.2. The van der Waals surface area contributed by atoms with Crippen molar-refractivity contribution in [1.29, 1.82) is 0 Å². The molecule has 1 heterocycles. The van der Waals surface area contributed by atoms with E-state index in [0.717, 1.165) is 11.8 Å². The smallest absolute Gasteiger partial charge is 0.231 e. The molecule has 126 valence electrons. The lowest BCUT2D eigenvalue weighted by molar-refractivity contribution is 0.589. The van der Waals surface area contributed by atoms with Crippen LogP contribution >= 0.6 is 0 Å². The number of imidazole rings is 1. The highest BCUT2D eigenvalue weighted by Crippen LogP contribution is 2.22. The first-order valence-corrected chi connectivity index (χ1v) is 9.27. The number of rotatable bonds is 5. The SMILES string of the molecule is C\C=C/C=C(\C=C\C)c1nc(F)cn1-c1ccc(S(C)(=O)=O)cc1. The first-order valence-electron chi connectivity index (χ1n) is 7.38. The Bertz CT molecular complexity index is 905. The predicted octanol–water partition coefficient (Wildman–Crippen LogP) is 3.95. The fourth-order valence-corrected chi connectivity index (χ4v) is 2.82. The van der Waals surface area contributed by atoms with Gasteiger partial charge in [-0.15, -0.1) is 0 Å². The Morgan fingerprint density at radius 2 is 1.83 bits per heavy atom. The molecule has 1 aromatic carbocycles. The van der Waals surface area contributed by atoms with E-state index in [1.165, 1.54) is 18.3 Å². The summed E-state index contributed by atoms with van der Waals surface area (Å²) in [4.78, 5) is 4.17. The highest BCUT2D eigenvalue weighted by atomic mass is 32.2. The summed E-state index contributed by atoms with van der Waals surface area (Å²) in [5.74, 6) is -0.163. The van der Waals surface area contributed by atoms with Crippen molar-refractivity contribution in [2.75, 3.05) is 6.26 Å². The van der Waals surface area contributed by atoms with Crippen LogP contribution in [0.5, 0.6) is 0 Å². The average Bonchev–Trinajstić information content (AvgIpc) is 2.92. The molecule has 0 saturated heterocycles. The van der Waals surface area contributed by atoms with Crippen molar-refractivity contribution in [3.05, 3.63) is 72.6 Å². The molecule has 2 aromatic rings. The van der Waals surface area contributed by atoms with E-state index >= 15 is 0 Å². The van der Waals surface area contributed by atoms with E-state index < -0.39 is 15.8 Å². The molecule has 0 radical (unpaired) electrons. The number of benzene rings is 1. The van der Waals surface area contributed by atoms with Gasteiger partial charge >= 0.3 is 0 Å². The molecule has 0 bridgehead atoms. The second-order valence-electron chi connectivity index (χ2n) is 5.17. The number of hydrogen-bond donors (Lipinski definition) is 0. The zero-order valence-electron chi connectivity index (χ0n) is 13.8. The standard InChI is InChI=1S/C18H19FN2O2S/c1-4-6-8-14(7-5-2)18-20-17(19)13-21(18)15-9-11-16(12-10-15)24(3,22)23/h4-13H,1-3H3/b6-4-,7-5+,14-8+. The van der Waals surface area contributed by atoms with Gasteiger partial charge in [0.25, 0.3) is 0 Å². The molecule has 0 fully saturated rings. The van der Waals surface area contributed by atoms with E-state index in [4.69, 9.17) is 0 Å². The topological polar surface area (TPSA) is 52.0 Å². The van der Waals surface area contributed by atoms with Crippen LogP contribution in [0, 0.1) is 5.95 Å². The number of sulfone groups is 1. The third-order valence-corrected chi connectivity index (χ3v) is 4.42. The lowest BCUT2D eigenvalue weighted by Crippen LogP contribution is -2.01. The summed E-state index contributed by atoms with van der Waals surface area (Å²) < 4.78 is 38.5. The van der Waals surface area contributed by atoms with Crippen LogP contribution in [0.1, 0.15) is 19.7 Å². The number of aromatic nitrogens is 2. The molecule has 0 aliphatic carbocycles. The van der Waals surface area contributed by atoms with Crippen LogP contribution in [0.4, 0.5) is 4.39 Å². The normalized spacial score (nSPS) is 13.2. The molecule has 6 heteroatoms. The zero-order valence-corrected chi connectivity index (χ0v) is 14.6. The van der Waals surface area contributed by atoms with E-state index in [0.29, 0.717) is 11.5 Å². The summed E-state index contributed by atoms with van der Waals surface area (Å²) in [6.07, 6.45) is 11.7. The number of nitrogens with zero attached hydrogens (tertiary/aromatic N) is 2. The molecule has 2 rings (SSSR count). The summed E-state index contributed by atoms with van der Waals surface area (Å²) in [6, 6.07) is 6.25. The summed E-state index contributed by atoms with van der Waals surface area (Å²) in [5, 5.41) is 0. The van der Waals surface area contributed by atoms with Gasteiger partial charge in [-0.3, -0.25) is 4.57 Å². The van der Waals surface area contributed by atoms with Crippen LogP contribution in [0.2, 0.25) is 0 Å². The second kappa shape index (κ2) is 7.40. The van der Waals surface area contributed by atoms with Gasteiger partial charge in [-0.1, -0.05) is 30.4 Å². The number of allylic oxidation sites excluding steroid dienone is 6. The molecule has 0 atom stereocenters. The maximum absolute atomic E-state index is 13.8. The van der Waals surface area contributed by atoms with Crippen molar-refractivity contribution in [2.45, 2.75) is 18.7 Å². The average molecular weight is 346 g/mol. The van der Waals surface area contributed by atoms with E-state index in [2.05, 4.69) is 4.98 Å². The third kappa shape index (κ3) is 4.08. The van der Waals surface area contributed by atoms with Gasteiger partial charge in [0.05, 0.1) is 11.1 Å². The van der Waals surface area contributed by atoms with Gasteiger partial charge in [-0.25, -0.2) is 8.42 Å². The van der Waals surface area contributed by atoms with Crippen molar-refractivity contribution >= 4 is 15.4 Å². The maximum Gasteiger partial charge on any atom is 0.231 e. The first-order chi connectivity index (χ1) is 11.4. The maximum atomic E-state index is 13.8. The van der Waals surface area contributed by atoms with Gasteiger partial charge in [0.1, 0.15) is 5.82 Å². The fraction of sp³-hybridized carbons (Fsp3) is 0.167. The molecule has 0 saturated carbocycles. The van der Waals surface area contributed by atoms with Crippen LogP contribution < -0.4 is 0 Å². The minimum atomic E-state index is -3.27. The number of hydrogen-bond acceptors (Lipinski definition) is 3. The van der Waals surface area contributed by atoms with E-state index in [1.807, 2.05) is 44.2 Å². The Hall–Kier alpha value is -2.47. The van der Waals surface area contributed by atoms with E-state index in [-0.39, 0.29) is 4.90 Å². The summed E-state index contributed by atoms with van der Waals surface area (Å²) in [5.41, 5.74) is 1.37. The van der Waals surface area contributed by atoms with Crippen LogP contribution in [0.25, 0.3) is 11.3 Å².